The third-order valence-corrected chi connectivity index (χ3v) is 7.78. The molecule has 21 heavy (non-hydrogen) atoms. The second kappa shape index (κ2) is 6.17. The number of nitrogens with zero attached hydrogens (tertiary/aromatic N) is 1. The van der Waals surface area contributed by atoms with Crippen molar-refractivity contribution in [3.05, 3.63) is 0 Å². The normalized spacial score (nSPS) is 24.5. The molecule has 0 saturated heterocycles. The molecule has 0 spiro atoms. The molecule has 1 aliphatic rings. The van der Waals surface area contributed by atoms with Gasteiger partial charge in [0.1, 0.15) is 4.87 Å². The molecule has 0 amide bonds. The molecular formula is C16H34N2O2S. The Morgan fingerprint density at radius 2 is 1.67 bits per heavy atom. The highest BCUT2D eigenvalue weighted by atomic mass is 32.2. The monoisotopic (exact) mass is 318 g/mol. The summed E-state index contributed by atoms with van der Waals surface area (Å²) in [5.41, 5.74) is 5.76. The second-order valence-corrected chi connectivity index (χ2v) is 10.8. The summed E-state index contributed by atoms with van der Waals surface area (Å²) in [5.74, 6) is 1.09. The smallest absolute Gasteiger partial charge is 0.181 e. The maximum absolute atomic E-state index is 12.2. The SMILES string of the molecule is CC(C)CC(C)(C)C1CC(N(C)C(C)(C)S(=O)(=O)CN)C1. The molecule has 4 nitrogen and oxygen atoms in total. The maximum Gasteiger partial charge on any atom is 0.181 e. The molecule has 0 unspecified atom stereocenters. The molecule has 1 rings (SSSR count). The predicted molar refractivity (Wildman–Crippen MR) is 89.6 cm³/mol. The van der Waals surface area contributed by atoms with E-state index in [1.165, 1.54) is 6.42 Å². The van der Waals surface area contributed by atoms with Gasteiger partial charge >= 0.3 is 0 Å². The van der Waals surface area contributed by atoms with Gasteiger partial charge in [-0.2, -0.15) is 0 Å². The number of rotatable bonds is 7. The van der Waals surface area contributed by atoms with Crippen molar-refractivity contribution in [3.63, 3.8) is 0 Å². The van der Waals surface area contributed by atoms with E-state index < -0.39 is 14.7 Å². The first-order chi connectivity index (χ1) is 9.35. The van der Waals surface area contributed by atoms with Crippen LogP contribution < -0.4 is 5.73 Å². The van der Waals surface area contributed by atoms with Crippen molar-refractivity contribution >= 4 is 9.84 Å². The van der Waals surface area contributed by atoms with E-state index in [1.807, 2.05) is 11.9 Å². The van der Waals surface area contributed by atoms with Gasteiger partial charge in [0.05, 0.1) is 5.88 Å². The lowest BCUT2D eigenvalue weighted by molar-refractivity contribution is -0.00527. The van der Waals surface area contributed by atoms with Gasteiger partial charge in [0.2, 0.25) is 0 Å². The molecule has 126 valence electrons. The van der Waals surface area contributed by atoms with Gasteiger partial charge < -0.3 is 5.73 Å². The summed E-state index contributed by atoms with van der Waals surface area (Å²) in [6.07, 6.45) is 3.39. The molecule has 2 N–H and O–H groups in total. The van der Waals surface area contributed by atoms with E-state index in [9.17, 15) is 8.42 Å². The summed E-state index contributed by atoms with van der Waals surface area (Å²) < 4.78 is 24.3. The van der Waals surface area contributed by atoms with Crippen molar-refractivity contribution < 1.29 is 8.42 Å². The van der Waals surface area contributed by atoms with Gasteiger partial charge in [0.25, 0.3) is 0 Å². The van der Waals surface area contributed by atoms with Crippen LogP contribution in [0.4, 0.5) is 0 Å². The molecule has 0 radical (unpaired) electrons. The largest absolute Gasteiger partial charge is 0.318 e. The van der Waals surface area contributed by atoms with Crippen LogP contribution in [0.3, 0.4) is 0 Å². The van der Waals surface area contributed by atoms with Crippen LogP contribution in [0, 0.1) is 17.3 Å². The number of sulfone groups is 1. The van der Waals surface area contributed by atoms with Crippen LogP contribution in [-0.4, -0.2) is 37.2 Å². The van der Waals surface area contributed by atoms with Crippen LogP contribution in [0.1, 0.15) is 60.8 Å². The Balaban J connectivity index is 2.69. The Morgan fingerprint density at radius 1 is 1.19 bits per heavy atom. The topological polar surface area (TPSA) is 63.4 Å². The maximum atomic E-state index is 12.2. The third kappa shape index (κ3) is 3.80. The molecule has 0 bridgehead atoms. The number of hydrogen-bond acceptors (Lipinski definition) is 4. The molecule has 0 atom stereocenters. The van der Waals surface area contributed by atoms with Crippen LogP contribution in [0.2, 0.25) is 0 Å². The number of nitrogens with two attached hydrogens (primary N) is 1. The van der Waals surface area contributed by atoms with Gasteiger partial charge in [-0.15, -0.1) is 0 Å². The average molecular weight is 319 g/mol. The zero-order valence-electron chi connectivity index (χ0n) is 14.8. The molecule has 1 saturated carbocycles. The molecular weight excluding hydrogens is 284 g/mol. The standard InChI is InChI=1S/C16H34N2O2S/c1-12(2)10-15(3,4)13-8-14(9-13)18(7)16(5,6)21(19,20)11-17/h12-14H,8-11,17H2,1-7H3. The Hall–Kier alpha value is -0.130. The Morgan fingerprint density at radius 3 is 2.05 bits per heavy atom. The quantitative estimate of drug-likeness (QED) is 0.784. The van der Waals surface area contributed by atoms with Crippen molar-refractivity contribution in [1.82, 2.24) is 4.90 Å². The van der Waals surface area contributed by atoms with E-state index >= 15 is 0 Å². The van der Waals surface area contributed by atoms with Gasteiger partial charge in [0.15, 0.2) is 9.84 Å². The second-order valence-electron chi connectivity index (χ2n) is 8.25. The third-order valence-electron chi connectivity index (χ3n) is 5.53. The summed E-state index contributed by atoms with van der Waals surface area (Å²) in [4.78, 5) is 1.12. The van der Waals surface area contributed by atoms with Crippen molar-refractivity contribution in [3.8, 4) is 0 Å². The Labute approximate surface area is 131 Å². The fraction of sp³-hybridized carbons (Fsp3) is 1.00. The van der Waals surface area contributed by atoms with Crippen LogP contribution in [0.25, 0.3) is 0 Å². The average Bonchev–Trinajstić information content (AvgIpc) is 2.23. The van der Waals surface area contributed by atoms with E-state index in [2.05, 4.69) is 27.7 Å². The molecule has 0 aromatic heterocycles. The molecule has 0 aromatic rings. The van der Waals surface area contributed by atoms with Gasteiger partial charge in [-0.05, 0) is 57.4 Å². The number of hydrogen-bond donors (Lipinski definition) is 1. The fourth-order valence-electron chi connectivity index (χ4n) is 3.62. The van der Waals surface area contributed by atoms with Gasteiger partial charge in [-0.25, -0.2) is 8.42 Å². The van der Waals surface area contributed by atoms with E-state index in [1.54, 1.807) is 13.8 Å². The van der Waals surface area contributed by atoms with Crippen LogP contribution in [0.5, 0.6) is 0 Å². The lowest BCUT2D eigenvalue weighted by Gasteiger charge is -2.52. The first-order valence-corrected chi connectivity index (χ1v) is 9.65. The zero-order valence-corrected chi connectivity index (χ0v) is 15.6. The van der Waals surface area contributed by atoms with E-state index in [-0.39, 0.29) is 5.88 Å². The summed E-state index contributed by atoms with van der Waals surface area (Å²) in [5, 5.41) is 0. The van der Waals surface area contributed by atoms with Crippen molar-refractivity contribution in [2.24, 2.45) is 23.0 Å². The lowest BCUT2D eigenvalue weighted by atomic mass is 9.62. The zero-order chi connectivity index (χ0) is 16.6. The minimum absolute atomic E-state index is 0.292. The van der Waals surface area contributed by atoms with Gasteiger partial charge in [-0.3, -0.25) is 4.90 Å². The van der Waals surface area contributed by atoms with Gasteiger partial charge in [-0.1, -0.05) is 27.7 Å². The molecule has 1 aliphatic carbocycles. The molecule has 1 fully saturated rings. The molecule has 0 heterocycles. The molecule has 0 aromatic carbocycles. The lowest BCUT2D eigenvalue weighted by Crippen LogP contribution is -2.58. The molecule has 0 aliphatic heterocycles. The summed E-state index contributed by atoms with van der Waals surface area (Å²) in [7, 11) is -1.37. The van der Waals surface area contributed by atoms with E-state index in [0.29, 0.717) is 23.3 Å². The highest BCUT2D eigenvalue weighted by Gasteiger charge is 2.47. The van der Waals surface area contributed by atoms with Crippen molar-refractivity contribution in [1.29, 1.82) is 0 Å². The van der Waals surface area contributed by atoms with Crippen molar-refractivity contribution in [2.45, 2.75) is 71.7 Å². The first-order valence-electron chi connectivity index (χ1n) is 8.00. The Bertz CT molecular complexity index is 449. The van der Waals surface area contributed by atoms with Crippen LogP contribution in [-0.2, 0) is 9.84 Å². The minimum Gasteiger partial charge on any atom is -0.318 e. The van der Waals surface area contributed by atoms with E-state index in [0.717, 1.165) is 12.8 Å². The Kier molecular flexibility index (Phi) is 5.56. The fourth-order valence-corrected chi connectivity index (χ4v) is 4.62. The highest BCUT2D eigenvalue weighted by molar-refractivity contribution is 7.92. The first kappa shape index (κ1) is 18.9. The summed E-state index contributed by atoms with van der Waals surface area (Å²) >= 11 is 0. The summed E-state index contributed by atoms with van der Waals surface area (Å²) in [6, 6.07) is 0.345. The van der Waals surface area contributed by atoms with Crippen molar-refractivity contribution in [2.75, 3.05) is 12.9 Å². The van der Waals surface area contributed by atoms with Crippen LogP contribution >= 0.6 is 0 Å². The summed E-state index contributed by atoms with van der Waals surface area (Å²) in [6.45, 7) is 12.7. The van der Waals surface area contributed by atoms with E-state index in [4.69, 9.17) is 5.73 Å². The van der Waals surface area contributed by atoms with Gasteiger partial charge in [0, 0.05) is 6.04 Å². The highest BCUT2D eigenvalue weighted by Crippen LogP contribution is 2.48. The van der Waals surface area contributed by atoms with Crippen LogP contribution in [0.15, 0.2) is 0 Å². The molecule has 5 heteroatoms. The predicted octanol–water partition coefficient (Wildman–Crippen LogP) is 2.84. The minimum atomic E-state index is -3.29.